The number of nitrogens with two attached hydrogens (primary N) is 1. The lowest BCUT2D eigenvalue weighted by atomic mass is 10.1. The minimum Gasteiger partial charge on any atom is -0.384 e. The number of nitrogens with zero attached hydrogens (tertiary/aromatic N) is 7. The maximum absolute atomic E-state index is 6.20. The van der Waals surface area contributed by atoms with Crippen molar-refractivity contribution < 1.29 is 14.0 Å². The van der Waals surface area contributed by atoms with Gasteiger partial charge in [0, 0.05) is 48.2 Å². The van der Waals surface area contributed by atoms with Crippen molar-refractivity contribution in [3.8, 4) is 16.9 Å². The molecule has 0 saturated carbocycles. The van der Waals surface area contributed by atoms with Gasteiger partial charge < -0.3 is 19.4 Å². The molecular weight excluding hydrogens is 372 g/mol. The van der Waals surface area contributed by atoms with Gasteiger partial charge in [0.2, 0.25) is 0 Å². The number of aryl methyl sites for hydroxylation is 1. The first kappa shape index (κ1) is 17.3. The number of fused-ring (bicyclic) bond motifs is 2. The van der Waals surface area contributed by atoms with Gasteiger partial charge in [0.05, 0.1) is 6.61 Å². The predicted molar refractivity (Wildman–Crippen MR) is 103 cm³/mol. The van der Waals surface area contributed by atoms with Crippen LogP contribution in [0.1, 0.15) is 11.5 Å². The summed E-state index contributed by atoms with van der Waals surface area (Å²) in [4.78, 5) is 13.7. The van der Waals surface area contributed by atoms with Crippen molar-refractivity contribution in [2.75, 3.05) is 19.5 Å². The smallest absolute Gasteiger partial charge is 0.378 e. The molecule has 0 atom stereocenters. The number of imidazole rings is 1. The lowest BCUT2D eigenvalue weighted by Crippen LogP contribution is -2.30. The second-order valence-corrected chi connectivity index (χ2v) is 6.63. The molecule has 5 aromatic rings. The van der Waals surface area contributed by atoms with Gasteiger partial charge in [0.1, 0.15) is 23.7 Å². The number of aromatic nitrogens is 7. The van der Waals surface area contributed by atoms with E-state index in [1.165, 1.54) is 0 Å². The normalized spacial score (nSPS) is 11.7. The summed E-state index contributed by atoms with van der Waals surface area (Å²) in [5, 5.41) is 4.51. The number of rotatable bonds is 5. The van der Waals surface area contributed by atoms with E-state index in [1.54, 1.807) is 34.9 Å². The average Bonchev–Trinajstić information content (AvgIpc) is 3.46. The second-order valence-electron chi connectivity index (χ2n) is 6.63. The van der Waals surface area contributed by atoms with E-state index in [0.29, 0.717) is 30.3 Å². The Morgan fingerprint density at radius 1 is 1.28 bits per heavy atom. The molecular formula is C19H19N8O2+. The summed E-state index contributed by atoms with van der Waals surface area (Å²) in [6.07, 6.45) is 7.74. The number of anilines is 1. The van der Waals surface area contributed by atoms with Crippen molar-refractivity contribution in [3.63, 3.8) is 0 Å². The van der Waals surface area contributed by atoms with Crippen molar-refractivity contribution >= 4 is 17.2 Å². The Hall–Kier alpha value is -3.79. The molecule has 0 fully saturated rings. The number of methoxy groups -OCH3 is 1. The first-order valence-electron chi connectivity index (χ1n) is 9.10. The van der Waals surface area contributed by atoms with Crippen LogP contribution in [-0.2, 0) is 11.2 Å². The molecule has 0 unspecified atom stereocenters. The van der Waals surface area contributed by atoms with Gasteiger partial charge in [-0.05, 0) is 23.8 Å². The maximum Gasteiger partial charge on any atom is 0.378 e. The molecule has 0 aromatic carbocycles. The Labute approximate surface area is 165 Å². The Morgan fingerprint density at radius 2 is 2.17 bits per heavy atom. The fraction of sp³-hybridized carbons (Fsp3) is 0.211. The zero-order chi connectivity index (χ0) is 20.0. The third kappa shape index (κ3) is 2.81. The van der Waals surface area contributed by atoms with E-state index in [1.807, 2.05) is 35.9 Å². The van der Waals surface area contributed by atoms with Gasteiger partial charge >= 0.3 is 11.8 Å². The highest BCUT2D eigenvalue weighted by molar-refractivity contribution is 5.83. The van der Waals surface area contributed by atoms with Crippen LogP contribution in [0.25, 0.3) is 28.2 Å². The Morgan fingerprint density at radius 3 is 2.97 bits per heavy atom. The molecule has 0 aliphatic heterocycles. The van der Waals surface area contributed by atoms with E-state index in [0.717, 1.165) is 22.5 Å². The highest BCUT2D eigenvalue weighted by Crippen LogP contribution is 2.29. The lowest BCUT2D eigenvalue weighted by Gasteiger charge is -2.06. The fourth-order valence-electron chi connectivity index (χ4n) is 3.32. The molecule has 10 heteroatoms. The topological polar surface area (TPSA) is 113 Å². The van der Waals surface area contributed by atoms with E-state index in [4.69, 9.17) is 20.0 Å². The van der Waals surface area contributed by atoms with Gasteiger partial charge in [-0.3, -0.25) is 0 Å². The van der Waals surface area contributed by atoms with Gasteiger partial charge in [-0.2, -0.15) is 4.52 Å². The second kappa shape index (κ2) is 6.67. The van der Waals surface area contributed by atoms with Gasteiger partial charge in [-0.1, -0.05) is 0 Å². The summed E-state index contributed by atoms with van der Waals surface area (Å²) in [5.74, 6) is 1.38. The third-order valence-electron chi connectivity index (χ3n) is 4.73. The van der Waals surface area contributed by atoms with Crippen LogP contribution >= 0.6 is 0 Å². The molecule has 0 radical (unpaired) electrons. The molecule has 0 bridgehead atoms. The quantitative estimate of drug-likeness (QED) is 0.451. The Bertz CT molecular complexity index is 1320. The maximum atomic E-state index is 6.20. The zero-order valence-electron chi connectivity index (χ0n) is 16.0. The van der Waals surface area contributed by atoms with Crippen molar-refractivity contribution in [2.45, 2.75) is 13.3 Å². The van der Waals surface area contributed by atoms with Gasteiger partial charge in [0.25, 0.3) is 0 Å². The highest BCUT2D eigenvalue weighted by atomic mass is 16.5. The average molecular weight is 391 g/mol. The van der Waals surface area contributed by atoms with Crippen LogP contribution in [0.3, 0.4) is 0 Å². The van der Waals surface area contributed by atoms with Crippen molar-refractivity contribution in [3.05, 3.63) is 54.6 Å². The molecule has 146 valence electrons. The van der Waals surface area contributed by atoms with Crippen molar-refractivity contribution in [1.29, 1.82) is 0 Å². The molecule has 0 amide bonds. The molecule has 5 aromatic heterocycles. The molecule has 0 saturated heterocycles. The Balaban J connectivity index is 1.82. The summed E-state index contributed by atoms with van der Waals surface area (Å²) >= 11 is 0. The van der Waals surface area contributed by atoms with Crippen LogP contribution in [0.5, 0.6) is 0 Å². The standard InChI is InChI=1S/C19H19N8O2/c1-12-10-21-15-5-4-13(11-25(12)15)16-17(26-7-3-8-29-26)23-19(20)27-18(16)22-14(24-27)6-9-28-2/h3-5,7-8,10-11H,6,9H2,1-2H3,(H2,20,23)/q+1. The van der Waals surface area contributed by atoms with E-state index < -0.39 is 0 Å². The van der Waals surface area contributed by atoms with Crippen LogP contribution in [-0.4, -0.2) is 42.7 Å². The predicted octanol–water partition coefficient (Wildman–Crippen LogP) is 1.39. The van der Waals surface area contributed by atoms with Gasteiger partial charge in [0.15, 0.2) is 11.5 Å². The summed E-state index contributed by atoms with van der Waals surface area (Å²) in [7, 11) is 1.64. The first-order chi connectivity index (χ1) is 14.2. The number of hydrogen-bond acceptors (Lipinski definition) is 7. The van der Waals surface area contributed by atoms with E-state index >= 15 is 0 Å². The fourth-order valence-corrected chi connectivity index (χ4v) is 3.32. The minimum absolute atomic E-state index is 0.221. The zero-order valence-corrected chi connectivity index (χ0v) is 16.0. The first-order valence-corrected chi connectivity index (χ1v) is 9.10. The number of ether oxygens (including phenoxy) is 1. The van der Waals surface area contributed by atoms with Gasteiger partial charge in [-0.25, -0.2) is 9.97 Å². The molecule has 5 rings (SSSR count). The van der Waals surface area contributed by atoms with Crippen LogP contribution in [0.4, 0.5) is 5.95 Å². The van der Waals surface area contributed by atoms with Crippen molar-refractivity contribution in [2.24, 2.45) is 0 Å². The molecule has 29 heavy (non-hydrogen) atoms. The number of hydrogen-bond donors (Lipinski definition) is 1. The molecule has 0 aliphatic carbocycles. The summed E-state index contributed by atoms with van der Waals surface area (Å²) in [6.45, 7) is 2.52. The highest BCUT2D eigenvalue weighted by Gasteiger charge is 2.28. The largest absolute Gasteiger partial charge is 0.384 e. The molecule has 10 nitrogen and oxygen atoms in total. The van der Waals surface area contributed by atoms with Crippen LogP contribution in [0, 0.1) is 6.92 Å². The third-order valence-corrected chi connectivity index (χ3v) is 4.73. The Kier molecular flexibility index (Phi) is 3.98. The van der Waals surface area contributed by atoms with Crippen LogP contribution < -0.4 is 10.5 Å². The van der Waals surface area contributed by atoms with E-state index in [9.17, 15) is 0 Å². The van der Waals surface area contributed by atoms with E-state index in [2.05, 4.69) is 15.1 Å². The van der Waals surface area contributed by atoms with Crippen molar-refractivity contribution in [1.82, 2.24) is 29.0 Å². The minimum atomic E-state index is 0.221. The number of pyridine rings is 1. The number of nitrogen functional groups attached to an aromatic ring is 1. The lowest BCUT2D eigenvalue weighted by molar-refractivity contribution is -0.786. The molecule has 5 heterocycles. The molecule has 0 spiro atoms. The monoisotopic (exact) mass is 391 g/mol. The van der Waals surface area contributed by atoms with Crippen LogP contribution in [0.15, 0.2) is 47.6 Å². The van der Waals surface area contributed by atoms with Gasteiger partial charge in [-0.15, -0.1) is 5.10 Å². The summed E-state index contributed by atoms with van der Waals surface area (Å²) in [5.41, 5.74) is 10.3. The van der Waals surface area contributed by atoms with Crippen LogP contribution in [0.2, 0.25) is 0 Å². The summed E-state index contributed by atoms with van der Waals surface area (Å²) in [6, 6.07) is 5.71. The summed E-state index contributed by atoms with van der Waals surface area (Å²) < 4.78 is 15.8. The van der Waals surface area contributed by atoms with E-state index in [-0.39, 0.29) is 5.95 Å². The molecule has 0 aliphatic rings. The molecule has 2 N–H and O–H groups in total. The SMILES string of the molecule is COCCc1nc2c(-c3ccc4ncc(C)n4c3)c(-[n+]3ccco3)nc(N)n2n1.